The first-order chi connectivity index (χ1) is 9.76. The normalized spacial score (nSPS) is 20.9. The van der Waals surface area contributed by atoms with Crippen LogP contribution < -0.4 is 10.6 Å². The van der Waals surface area contributed by atoms with Crippen molar-refractivity contribution in [3.63, 3.8) is 0 Å². The van der Waals surface area contributed by atoms with Crippen LogP contribution in [0.3, 0.4) is 0 Å². The van der Waals surface area contributed by atoms with Gasteiger partial charge in [-0.25, -0.2) is 0 Å². The Morgan fingerprint density at radius 1 is 1.25 bits per heavy atom. The van der Waals surface area contributed by atoms with Gasteiger partial charge in [-0.2, -0.15) is 0 Å². The first-order valence-corrected chi connectivity index (χ1v) is 8.36. The minimum atomic E-state index is 0.283. The van der Waals surface area contributed by atoms with Crippen molar-refractivity contribution in [1.82, 2.24) is 0 Å². The van der Waals surface area contributed by atoms with E-state index < -0.39 is 0 Å². The van der Waals surface area contributed by atoms with Gasteiger partial charge >= 0.3 is 0 Å². The summed E-state index contributed by atoms with van der Waals surface area (Å²) in [6.07, 6.45) is 8.70. The second-order valence-electron chi connectivity index (χ2n) is 6.13. The molecule has 0 radical (unpaired) electrons. The molecule has 20 heavy (non-hydrogen) atoms. The Kier molecular flexibility index (Phi) is 5.90. The summed E-state index contributed by atoms with van der Waals surface area (Å²) in [5.41, 5.74) is 9.05. The Balaban J connectivity index is 2.20. The van der Waals surface area contributed by atoms with E-state index >= 15 is 0 Å². The van der Waals surface area contributed by atoms with Crippen molar-refractivity contribution in [1.29, 1.82) is 0 Å². The minimum Gasteiger partial charge on any atom is -0.368 e. The van der Waals surface area contributed by atoms with Gasteiger partial charge in [-0.05, 0) is 50.2 Å². The van der Waals surface area contributed by atoms with Crippen LogP contribution in [0.4, 0.5) is 5.69 Å². The van der Waals surface area contributed by atoms with Gasteiger partial charge in [-0.3, -0.25) is 0 Å². The fraction of sp³-hybridized carbons (Fsp3) is 0.667. The van der Waals surface area contributed by atoms with Crippen LogP contribution >= 0.6 is 0 Å². The predicted octanol–water partition coefficient (Wildman–Crippen LogP) is 4.13. The molecule has 0 bridgehead atoms. The van der Waals surface area contributed by atoms with Gasteiger partial charge in [-0.1, -0.05) is 38.5 Å². The zero-order chi connectivity index (χ0) is 14.4. The molecule has 2 heteroatoms. The molecule has 2 rings (SSSR count). The van der Waals surface area contributed by atoms with E-state index in [-0.39, 0.29) is 6.04 Å². The maximum atomic E-state index is 6.18. The second-order valence-corrected chi connectivity index (χ2v) is 6.13. The number of nitrogens with zero attached hydrogens (tertiary/aromatic N) is 1. The minimum absolute atomic E-state index is 0.283. The number of hydrogen-bond acceptors (Lipinski definition) is 2. The van der Waals surface area contributed by atoms with Crippen LogP contribution in [-0.2, 0) is 6.42 Å². The van der Waals surface area contributed by atoms with Gasteiger partial charge in [0.25, 0.3) is 0 Å². The standard InChI is InChI=1S/C18H30N2/c1-3-9-17-11-7-8-13-20(17)18-12-6-5-10-15(18)14-16(19)4-2/h5-6,10,12,16-17H,3-4,7-9,11,13-14,19H2,1-2H3. The molecule has 1 fully saturated rings. The molecule has 0 spiro atoms. The van der Waals surface area contributed by atoms with Gasteiger partial charge in [0.15, 0.2) is 0 Å². The van der Waals surface area contributed by atoms with Crippen LogP contribution in [0, 0.1) is 0 Å². The third-order valence-electron chi connectivity index (χ3n) is 4.56. The molecule has 1 aromatic rings. The van der Waals surface area contributed by atoms with Crippen LogP contribution in [0.5, 0.6) is 0 Å². The van der Waals surface area contributed by atoms with Crippen molar-refractivity contribution in [2.45, 2.75) is 70.9 Å². The van der Waals surface area contributed by atoms with Gasteiger partial charge in [0.05, 0.1) is 0 Å². The van der Waals surface area contributed by atoms with Gasteiger partial charge in [0.2, 0.25) is 0 Å². The maximum Gasteiger partial charge on any atom is 0.0401 e. The molecule has 1 aliphatic rings. The second kappa shape index (κ2) is 7.68. The Morgan fingerprint density at radius 3 is 2.80 bits per heavy atom. The molecule has 2 nitrogen and oxygen atoms in total. The van der Waals surface area contributed by atoms with Crippen molar-refractivity contribution >= 4 is 5.69 Å². The van der Waals surface area contributed by atoms with E-state index in [1.807, 2.05) is 0 Å². The molecule has 112 valence electrons. The summed E-state index contributed by atoms with van der Waals surface area (Å²) in [5.74, 6) is 0. The Labute approximate surface area is 124 Å². The molecular formula is C18H30N2. The highest BCUT2D eigenvalue weighted by molar-refractivity contribution is 5.55. The molecule has 0 amide bonds. The van der Waals surface area contributed by atoms with Gasteiger partial charge in [-0.15, -0.1) is 0 Å². The van der Waals surface area contributed by atoms with E-state index in [1.54, 1.807) is 0 Å². The van der Waals surface area contributed by atoms with Crippen LogP contribution in [-0.4, -0.2) is 18.6 Å². The van der Waals surface area contributed by atoms with E-state index in [2.05, 4.69) is 43.0 Å². The molecule has 1 aromatic carbocycles. The highest BCUT2D eigenvalue weighted by atomic mass is 15.2. The molecule has 2 N–H and O–H groups in total. The first-order valence-electron chi connectivity index (χ1n) is 8.36. The zero-order valence-corrected chi connectivity index (χ0v) is 13.1. The van der Waals surface area contributed by atoms with E-state index in [0.29, 0.717) is 0 Å². The average Bonchev–Trinajstić information content (AvgIpc) is 2.49. The van der Waals surface area contributed by atoms with Crippen LogP contribution in [0.15, 0.2) is 24.3 Å². The summed E-state index contributed by atoms with van der Waals surface area (Å²) in [6.45, 7) is 5.68. The number of nitrogens with two attached hydrogens (primary N) is 1. The summed E-state index contributed by atoms with van der Waals surface area (Å²) in [6, 6.07) is 9.90. The number of para-hydroxylation sites is 1. The largest absolute Gasteiger partial charge is 0.368 e. The lowest BCUT2D eigenvalue weighted by molar-refractivity contribution is 0.433. The summed E-state index contributed by atoms with van der Waals surface area (Å²) in [5, 5.41) is 0. The molecule has 2 atom stereocenters. The van der Waals surface area contributed by atoms with E-state index in [0.717, 1.165) is 18.9 Å². The fourth-order valence-electron chi connectivity index (χ4n) is 3.34. The van der Waals surface area contributed by atoms with Crippen molar-refractivity contribution in [2.75, 3.05) is 11.4 Å². The molecule has 0 aromatic heterocycles. The maximum absolute atomic E-state index is 6.18. The molecule has 1 aliphatic heterocycles. The number of hydrogen-bond donors (Lipinski definition) is 1. The summed E-state index contributed by atoms with van der Waals surface area (Å²) >= 11 is 0. The number of anilines is 1. The average molecular weight is 274 g/mol. The molecule has 2 unspecified atom stereocenters. The lowest BCUT2D eigenvalue weighted by atomic mass is 9.95. The fourth-order valence-corrected chi connectivity index (χ4v) is 3.34. The van der Waals surface area contributed by atoms with E-state index in [9.17, 15) is 0 Å². The van der Waals surface area contributed by atoms with Crippen molar-refractivity contribution in [3.05, 3.63) is 29.8 Å². The molecule has 1 heterocycles. The Bertz CT molecular complexity index is 400. The molecule has 0 aliphatic carbocycles. The van der Waals surface area contributed by atoms with E-state index in [4.69, 9.17) is 5.73 Å². The van der Waals surface area contributed by atoms with Crippen LogP contribution in [0.1, 0.15) is 57.9 Å². The third-order valence-corrected chi connectivity index (χ3v) is 4.56. The first kappa shape index (κ1) is 15.4. The molecule has 1 saturated heterocycles. The molecule has 0 saturated carbocycles. The van der Waals surface area contributed by atoms with E-state index in [1.165, 1.54) is 49.9 Å². The number of piperidine rings is 1. The van der Waals surface area contributed by atoms with Gasteiger partial charge in [0.1, 0.15) is 0 Å². The van der Waals surface area contributed by atoms with Crippen molar-refractivity contribution in [3.8, 4) is 0 Å². The Morgan fingerprint density at radius 2 is 2.05 bits per heavy atom. The summed E-state index contributed by atoms with van der Waals surface area (Å²) in [4.78, 5) is 2.66. The van der Waals surface area contributed by atoms with Crippen molar-refractivity contribution in [2.24, 2.45) is 5.73 Å². The lowest BCUT2D eigenvalue weighted by Crippen LogP contribution is -2.40. The Hall–Kier alpha value is -1.02. The third kappa shape index (κ3) is 3.76. The lowest BCUT2D eigenvalue weighted by Gasteiger charge is -2.39. The quantitative estimate of drug-likeness (QED) is 0.845. The van der Waals surface area contributed by atoms with Gasteiger partial charge in [0, 0.05) is 24.3 Å². The topological polar surface area (TPSA) is 29.3 Å². The van der Waals surface area contributed by atoms with Gasteiger partial charge < -0.3 is 10.6 Å². The van der Waals surface area contributed by atoms with Crippen LogP contribution in [0.2, 0.25) is 0 Å². The predicted molar refractivity (Wildman–Crippen MR) is 88.3 cm³/mol. The highest BCUT2D eigenvalue weighted by Crippen LogP contribution is 2.30. The molecular weight excluding hydrogens is 244 g/mol. The van der Waals surface area contributed by atoms with Crippen molar-refractivity contribution < 1.29 is 0 Å². The SMILES string of the molecule is CCCC1CCCCN1c1ccccc1CC(N)CC. The highest BCUT2D eigenvalue weighted by Gasteiger charge is 2.23. The number of rotatable bonds is 6. The van der Waals surface area contributed by atoms with Crippen LogP contribution in [0.25, 0.3) is 0 Å². The summed E-state index contributed by atoms with van der Waals surface area (Å²) < 4.78 is 0. The number of benzene rings is 1. The monoisotopic (exact) mass is 274 g/mol. The zero-order valence-electron chi connectivity index (χ0n) is 13.1. The summed E-state index contributed by atoms with van der Waals surface area (Å²) in [7, 11) is 0. The smallest absolute Gasteiger partial charge is 0.0401 e.